The van der Waals surface area contributed by atoms with E-state index in [0.717, 1.165) is 34.8 Å². The Morgan fingerprint density at radius 3 is 2.32 bits per heavy atom. The van der Waals surface area contributed by atoms with Crippen molar-refractivity contribution in [2.24, 2.45) is 5.73 Å². The molecule has 0 radical (unpaired) electrons. The summed E-state index contributed by atoms with van der Waals surface area (Å²) in [5.74, 6) is 1.72. The van der Waals surface area contributed by atoms with E-state index in [0.29, 0.717) is 0 Å². The minimum absolute atomic E-state index is 0.131. The van der Waals surface area contributed by atoms with Gasteiger partial charge in [-0.2, -0.15) is 0 Å². The minimum Gasteiger partial charge on any atom is -0.496 e. The van der Waals surface area contributed by atoms with Crippen molar-refractivity contribution >= 4 is 11.8 Å². The second kappa shape index (κ2) is 8.11. The van der Waals surface area contributed by atoms with Crippen LogP contribution in [0, 0.1) is 0 Å². The van der Waals surface area contributed by atoms with E-state index in [4.69, 9.17) is 15.2 Å². The Kier molecular flexibility index (Phi) is 6.16. The fourth-order valence-electron chi connectivity index (χ4n) is 2.21. The predicted molar refractivity (Wildman–Crippen MR) is 92.1 cm³/mol. The van der Waals surface area contributed by atoms with Gasteiger partial charge in [0.2, 0.25) is 0 Å². The van der Waals surface area contributed by atoms with Gasteiger partial charge in [0.05, 0.1) is 19.1 Å². The van der Waals surface area contributed by atoms with Crippen LogP contribution in [0.2, 0.25) is 0 Å². The molecule has 0 aliphatic carbocycles. The van der Waals surface area contributed by atoms with Gasteiger partial charge < -0.3 is 15.2 Å². The molecule has 2 rings (SSSR count). The molecule has 0 saturated heterocycles. The maximum absolute atomic E-state index is 6.08. The van der Waals surface area contributed by atoms with Crippen molar-refractivity contribution in [3.05, 3.63) is 48.0 Å². The molecule has 2 N–H and O–H groups in total. The lowest BCUT2D eigenvalue weighted by atomic mass is 10.0. The SMILES string of the molecule is CCC(N)Cc1cc(OC)c(Sc2ccccc2)cc1OC. The number of benzene rings is 2. The highest BCUT2D eigenvalue weighted by molar-refractivity contribution is 7.99. The highest BCUT2D eigenvalue weighted by Crippen LogP contribution is 2.39. The summed E-state index contributed by atoms with van der Waals surface area (Å²) < 4.78 is 11.1. The van der Waals surface area contributed by atoms with Gasteiger partial charge in [0.1, 0.15) is 11.5 Å². The molecule has 118 valence electrons. The van der Waals surface area contributed by atoms with Crippen LogP contribution in [0.5, 0.6) is 11.5 Å². The zero-order valence-electron chi connectivity index (χ0n) is 13.3. The predicted octanol–water partition coefficient (Wildman–Crippen LogP) is 4.13. The molecule has 0 aromatic heterocycles. The van der Waals surface area contributed by atoms with Gasteiger partial charge in [-0.05, 0) is 42.7 Å². The molecular formula is C18H23NO2S. The zero-order chi connectivity index (χ0) is 15.9. The van der Waals surface area contributed by atoms with Gasteiger partial charge in [0.25, 0.3) is 0 Å². The standard InChI is InChI=1S/C18H23NO2S/c1-4-14(19)10-13-11-17(21-3)18(12-16(13)20-2)22-15-8-6-5-7-9-15/h5-9,11-12,14H,4,10,19H2,1-3H3. The van der Waals surface area contributed by atoms with Gasteiger partial charge in [-0.3, -0.25) is 0 Å². The van der Waals surface area contributed by atoms with Crippen molar-refractivity contribution in [2.45, 2.75) is 35.6 Å². The average Bonchev–Trinajstić information content (AvgIpc) is 2.56. The van der Waals surface area contributed by atoms with Crippen LogP contribution >= 0.6 is 11.8 Å². The smallest absolute Gasteiger partial charge is 0.133 e. The first kappa shape index (κ1) is 16.7. The van der Waals surface area contributed by atoms with E-state index in [1.165, 1.54) is 4.90 Å². The Hall–Kier alpha value is -1.65. The second-order valence-electron chi connectivity index (χ2n) is 5.10. The number of nitrogens with two attached hydrogens (primary N) is 1. The van der Waals surface area contributed by atoms with Crippen molar-refractivity contribution in [3.8, 4) is 11.5 Å². The highest BCUT2D eigenvalue weighted by Gasteiger charge is 2.14. The van der Waals surface area contributed by atoms with Gasteiger partial charge in [-0.25, -0.2) is 0 Å². The molecule has 0 fully saturated rings. The van der Waals surface area contributed by atoms with Gasteiger partial charge in [-0.1, -0.05) is 36.9 Å². The van der Waals surface area contributed by atoms with E-state index in [1.807, 2.05) is 30.3 Å². The Balaban J connectivity index is 2.34. The van der Waals surface area contributed by atoms with Crippen LogP contribution in [-0.4, -0.2) is 20.3 Å². The molecule has 0 bridgehead atoms. The first-order chi connectivity index (χ1) is 10.7. The van der Waals surface area contributed by atoms with E-state index in [-0.39, 0.29) is 6.04 Å². The topological polar surface area (TPSA) is 44.5 Å². The Bertz CT molecular complexity index is 602. The number of methoxy groups -OCH3 is 2. The summed E-state index contributed by atoms with van der Waals surface area (Å²) in [5, 5.41) is 0. The molecule has 1 unspecified atom stereocenters. The fourth-order valence-corrected chi connectivity index (χ4v) is 3.17. The third kappa shape index (κ3) is 4.18. The average molecular weight is 317 g/mol. The van der Waals surface area contributed by atoms with Crippen LogP contribution in [0.4, 0.5) is 0 Å². The molecule has 0 spiro atoms. The fraction of sp³-hybridized carbons (Fsp3) is 0.333. The minimum atomic E-state index is 0.131. The van der Waals surface area contributed by atoms with Crippen LogP contribution in [0.25, 0.3) is 0 Å². The quantitative estimate of drug-likeness (QED) is 0.834. The lowest BCUT2D eigenvalue weighted by Crippen LogP contribution is -2.21. The normalized spacial score (nSPS) is 12.0. The molecule has 0 aliphatic heterocycles. The molecule has 2 aromatic rings. The largest absolute Gasteiger partial charge is 0.496 e. The third-order valence-electron chi connectivity index (χ3n) is 3.54. The molecule has 0 heterocycles. The summed E-state index contributed by atoms with van der Waals surface area (Å²) in [6.07, 6.45) is 1.72. The zero-order valence-corrected chi connectivity index (χ0v) is 14.2. The van der Waals surface area contributed by atoms with Crippen LogP contribution in [0.15, 0.2) is 52.3 Å². The summed E-state index contributed by atoms with van der Waals surface area (Å²) in [5.41, 5.74) is 7.17. The molecule has 0 aliphatic rings. The summed E-state index contributed by atoms with van der Waals surface area (Å²) >= 11 is 1.67. The number of hydrogen-bond acceptors (Lipinski definition) is 4. The number of rotatable bonds is 7. The third-order valence-corrected chi connectivity index (χ3v) is 4.59. The Labute approximate surface area is 136 Å². The number of ether oxygens (including phenoxy) is 2. The molecular weight excluding hydrogens is 294 g/mol. The highest BCUT2D eigenvalue weighted by atomic mass is 32.2. The lowest BCUT2D eigenvalue weighted by Gasteiger charge is -2.16. The van der Waals surface area contributed by atoms with E-state index in [9.17, 15) is 0 Å². The molecule has 22 heavy (non-hydrogen) atoms. The molecule has 4 heteroatoms. The summed E-state index contributed by atoms with van der Waals surface area (Å²) in [4.78, 5) is 2.21. The van der Waals surface area contributed by atoms with Crippen LogP contribution < -0.4 is 15.2 Å². The van der Waals surface area contributed by atoms with Gasteiger partial charge in [0.15, 0.2) is 0 Å². The van der Waals surface area contributed by atoms with Gasteiger partial charge >= 0.3 is 0 Å². The molecule has 0 saturated carbocycles. The van der Waals surface area contributed by atoms with Crippen molar-refractivity contribution < 1.29 is 9.47 Å². The second-order valence-corrected chi connectivity index (χ2v) is 6.22. The van der Waals surface area contributed by atoms with E-state index >= 15 is 0 Å². The summed E-state index contributed by atoms with van der Waals surface area (Å²) in [6.45, 7) is 2.09. The first-order valence-corrected chi connectivity index (χ1v) is 8.23. The van der Waals surface area contributed by atoms with E-state index in [1.54, 1.807) is 26.0 Å². The van der Waals surface area contributed by atoms with E-state index < -0.39 is 0 Å². The summed E-state index contributed by atoms with van der Waals surface area (Å²) in [7, 11) is 3.39. The van der Waals surface area contributed by atoms with Crippen LogP contribution in [-0.2, 0) is 6.42 Å². The van der Waals surface area contributed by atoms with Crippen LogP contribution in [0.3, 0.4) is 0 Å². The monoisotopic (exact) mass is 317 g/mol. The lowest BCUT2D eigenvalue weighted by molar-refractivity contribution is 0.389. The summed E-state index contributed by atoms with van der Waals surface area (Å²) in [6, 6.07) is 14.4. The van der Waals surface area contributed by atoms with Crippen molar-refractivity contribution in [1.29, 1.82) is 0 Å². The molecule has 1 atom stereocenters. The van der Waals surface area contributed by atoms with E-state index in [2.05, 4.69) is 19.1 Å². The Morgan fingerprint density at radius 2 is 1.73 bits per heavy atom. The van der Waals surface area contributed by atoms with Crippen molar-refractivity contribution in [2.75, 3.05) is 14.2 Å². The van der Waals surface area contributed by atoms with Crippen molar-refractivity contribution in [3.63, 3.8) is 0 Å². The van der Waals surface area contributed by atoms with Crippen LogP contribution in [0.1, 0.15) is 18.9 Å². The molecule has 0 amide bonds. The molecule has 2 aromatic carbocycles. The van der Waals surface area contributed by atoms with Gasteiger partial charge in [-0.15, -0.1) is 0 Å². The van der Waals surface area contributed by atoms with Gasteiger partial charge in [0, 0.05) is 10.9 Å². The van der Waals surface area contributed by atoms with Crippen molar-refractivity contribution in [1.82, 2.24) is 0 Å². The first-order valence-electron chi connectivity index (χ1n) is 7.41. The maximum atomic E-state index is 6.08. The number of hydrogen-bond donors (Lipinski definition) is 1. The molecule has 3 nitrogen and oxygen atoms in total. The Morgan fingerprint density at radius 1 is 1.05 bits per heavy atom. The maximum Gasteiger partial charge on any atom is 0.133 e.